The summed E-state index contributed by atoms with van der Waals surface area (Å²) in [5.41, 5.74) is 0.668. The Labute approximate surface area is 165 Å². The van der Waals surface area contributed by atoms with E-state index in [-0.39, 0.29) is 42.0 Å². The molecule has 1 aromatic carbocycles. The summed E-state index contributed by atoms with van der Waals surface area (Å²) < 4.78 is 44.8. The Morgan fingerprint density at radius 3 is 2.64 bits per heavy atom. The fraction of sp³-hybridized carbons (Fsp3) is 0.533. The number of ether oxygens (including phenoxy) is 1. The number of sulfonamides is 1. The van der Waals surface area contributed by atoms with Crippen molar-refractivity contribution >= 4 is 45.6 Å². The summed E-state index contributed by atoms with van der Waals surface area (Å²) in [4.78, 5) is 4.23. The van der Waals surface area contributed by atoms with Crippen molar-refractivity contribution in [3.05, 3.63) is 29.6 Å². The van der Waals surface area contributed by atoms with Crippen LogP contribution in [0.2, 0.25) is 0 Å². The predicted molar refractivity (Wildman–Crippen MR) is 110 cm³/mol. The molecule has 0 heterocycles. The first-order valence-corrected chi connectivity index (χ1v) is 9.31. The Morgan fingerprint density at radius 1 is 1.32 bits per heavy atom. The fourth-order valence-corrected chi connectivity index (χ4v) is 2.74. The molecular weight excluding hydrogens is 462 g/mol. The molecule has 0 fully saturated rings. The van der Waals surface area contributed by atoms with Crippen molar-refractivity contribution in [3.8, 4) is 0 Å². The van der Waals surface area contributed by atoms with Gasteiger partial charge in [-0.1, -0.05) is 6.07 Å². The standard InChI is InChI=1S/C15H25FN4O3S.HI/c1-4-17-15(18-7-9-23-3)19-8-10-24(21,22)20-13-6-5-12(2)14(16)11-13;/h5-6,11,20H,4,7-10H2,1-3H3,(H2,17,18,19);1H. The monoisotopic (exact) mass is 488 g/mol. The SMILES string of the molecule is CCNC(=NCCOC)NCCS(=O)(=O)Nc1ccc(C)c(F)c1.I. The van der Waals surface area contributed by atoms with Gasteiger partial charge >= 0.3 is 0 Å². The van der Waals surface area contributed by atoms with Crippen molar-refractivity contribution in [2.24, 2.45) is 4.99 Å². The zero-order valence-corrected chi connectivity index (χ0v) is 17.8. The number of guanidine groups is 1. The third kappa shape index (κ3) is 9.80. The second-order valence-corrected chi connectivity index (χ2v) is 6.91. The lowest BCUT2D eigenvalue weighted by Crippen LogP contribution is -2.40. The van der Waals surface area contributed by atoms with Crippen LogP contribution >= 0.6 is 24.0 Å². The number of benzene rings is 1. The van der Waals surface area contributed by atoms with Crippen molar-refractivity contribution in [1.29, 1.82) is 0 Å². The summed E-state index contributed by atoms with van der Waals surface area (Å²) in [6, 6.07) is 4.22. The molecule has 0 spiro atoms. The maximum Gasteiger partial charge on any atom is 0.234 e. The van der Waals surface area contributed by atoms with Crippen molar-refractivity contribution in [2.75, 3.05) is 43.8 Å². The zero-order chi connectivity index (χ0) is 18.0. The Hall–Kier alpha value is -1.14. The van der Waals surface area contributed by atoms with Crippen LogP contribution in [0.25, 0.3) is 0 Å². The van der Waals surface area contributed by atoms with Gasteiger partial charge in [0.25, 0.3) is 0 Å². The van der Waals surface area contributed by atoms with Gasteiger partial charge in [-0.3, -0.25) is 9.71 Å². The lowest BCUT2D eigenvalue weighted by Gasteiger charge is -2.12. The third-order valence-electron chi connectivity index (χ3n) is 3.02. The molecular formula is C15H26FIN4O3S. The molecule has 0 aliphatic carbocycles. The lowest BCUT2D eigenvalue weighted by atomic mass is 10.2. The molecule has 1 rings (SSSR count). The molecule has 0 aliphatic heterocycles. The van der Waals surface area contributed by atoms with Crippen LogP contribution in [0.15, 0.2) is 23.2 Å². The van der Waals surface area contributed by atoms with Gasteiger partial charge in [-0.15, -0.1) is 24.0 Å². The van der Waals surface area contributed by atoms with E-state index >= 15 is 0 Å². The van der Waals surface area contributed by atoms with Crippen molar-refractivity contribution < 1.29 is 17.5 Å². The predicted octanol–water partition coefficient (Wildman–Crippen LogP) is 1.70. The molecule has 1 aromatic rings. The number of aryl methyl sites for hydroxylation is 1. The molecule has 0 radical (unpaired) electrons. The van der Waals surface area contributed by atoms with E-state index in [4.69, 9.17) is 4.74 Å². The first-order valence-electron chi connectivity index (χ1n) is 7.65. The number of hydrogen-bond acceptors (Lipinski definition) is 4. The van der Waals surface area contributed by atoms with E-state index in [1.165, 1.54) is 12.1 Å². The average Bonchev–Trinajstić information content (AvgIpc) is 2.51. The molecule has 0 saturated heterocycles. The van der Waals surface area contributed by atoms with Crippen LogP contribution in [0.4, 0.5) is 10.1 Å². The molecule has 0 bridgehead atoms. The molecule has 10 heteroatoms. The summed E-state index contributed by atoms with van der Waals surface area (Å²) >= 11 is 0. The summed E-state index contributed by atoms with van der Waals surface area (Å²) in [7, 11) is -2.00. The van der Waals surface area contributed by atoms with Gasteiger partial charge in [-0.25, -0.2) is 12.8 Å². The molecule has 0 atom stereocenters. The second-order valence-electron chi connectivity index (χ2n) is 5.07. The van der Waals surface area contributed by atoms with Crippen LogP contribution in [-0.4, -0.2) is 53.5 Å². The van der Waals surface area contributed by atoms with Crippen molar-refractivity contribution in [2.45, 2.75) is 13.8 Å². The smallest absolute Gasteiger partial charge is 0.234 e. The largest absolute Gasteiger partial charge is 0.383 e. The van der Waals surface area contributed by atoms with Gasteiger partial charge < -0.3 is 15.4 Å². The lowest BCUT2D eigenvalue weighted by molar-refractivity contribution is 0.208. The molecule has 3 N–H and O–H groups in total. The van der Waals surface area contributed by atoms with E-state index in [0.717, 1.165) is 6.07 Å². The van der Waals surface area contributed by atoms with E-state index in [1.54, 1.807) is 14.0 Å². The first kappa shape index (κ1) is 23.9. The van der Waals surface area contributed by atoms with Crippen LogP contribution in [-0.2, 0) is 14.8 Å². The van der Waals surface area contributed by atoms with Gasteiger partial charge in [-0.2, -0.15) is 0 Å². The zero-order valence-electron chi connectivity index (χ0n) is 14.6. The van der Waals surface area contributed by atoms with Gasteiger partial charge in [0, 0.05) is 20.2 Å². The molecule has 0 amide bonds. The Bertz CT molecular complexity index is 656. The minimum absolute atomic E-state index is 0. The molecule has 0 unspecified atom stereocenters. The number of halogens is 2. The minimum atomic E-state index is -3.59. The molecule has 0 aromatic heterocycles. The number of nitrogens with zero attached hydrogens (tertiary/aromatic N) is 1. The maximum absolute atomic E-state index is 13.5. The highest BCUT2D eigenvalue weighted by Gasteiger charge is 2.11. The summed E-state index contributed by atoms with van der Waals surface area (Å²) in [6.07, 6.45) is 0. The number of rotatable bonds is 9. The van der Waals surface area contributed by atoms with E-state index in [9.17, 15) is 12.8 Å². The van der Waals surface area contributed by atoms with E-state index in [2.05, 4.69) is 20.3 Å². The van der Waals surface area contributed by atoms with Gasteiger partial charge in [0.05, 0.1) is 24.6 Å². The van der Waals surface area contributed by atoms with Crippen molar-refractivity contribution in [1.82, 2.24) is 10.6 Å². The summed E-state index contributed by atoms with van der Waals surface area (Å²) in [6.45, 7) is 5.31. The maximum atomic E-state index is 13.5. The van der Waals surface area contributed by atoms with E-state index in [0.29, 0.717) is 31.2 Å². The van der Waals surface area contributed by atoms with Crippen LogP contribution in [0.5, 0.6) is 0 Å². The number of nitrogens with one attached hydrogen (secondary N) is 3. The fourth-order valence-electron chi connectivity index (χ4n) is 1.78. The number of methoxy groups -OCH3 is 1. The van der Waals surface area contributed by atoms with Crippen LogP contribution in [0, 0.1) is 12.7 Å². The topological polar surface area (TPSA) is 91.8 Å². The number of aliphatic imine (C=N–C) groups is 1. The van der Waals surface area contributed by atoms with Gasteiger partial charge in [0.15, 0.2) is 5.96 Å². The van der Waals surface area contributed by atoms with Gasteiger partial charge in [0.2, 0.25) is 10.0 Å². The molecule has 25 heavy (non-hydrogen) atoms. The average molecular weight is 488 g/mol. The first-order chi connectivity index (χ1) is 11.4. The van der Waals surface area contributed by atoms with Gasteiger partial charge in [-0.05, 0) is 31.5 Å². The normalized spacial score (nSPS) is 11.6. The number of anilines is 1. The highest BCUT2D eigenvalue weighted by Crippen LogP contribution is 2.14. The highest BCUT2D eigenvalue weighted by atomic mass is 127. The summed E-state index contributed by atoms with van der Waals surface area (Å²) in [5.74, 6) is -0.101. The minimum Gasteiger partial charge on any atom is -0.383 e. The number of hydrogen-bond donors (Lipinski definition) is 3. The third-order valence-corrected chi connectivity index (χ3v) is 4.31. The van der Waals surface area contributed by atoms with E-state index in [1.807, 2.05) is 6.92 Å². The van der Waals surface area contributed by atoms with Crippen LogP contribution < -0.4 is 15.4 Å². The molecule has 0 saturated carbocycles. The van der Waals surface area contributed by atoms with Crippen LogP contribution in [0.3, 0.4) is 0 Å². The quantitative estimate of drug-likeness (QED) is 0.213. The highest BCUT2D eigenvalue weighted by molar-refractivity contribution is 14.0. The van der Waals surface area contributed by atoms with Crippen molar-refractivity contribution in [3.63, 3.8) is 0 Å². The summed E-state index contributed by atoms with van der Waals surface area (Å²) in [5, 5.41) is 5.94. The van der Waals surface area contributed by atoms with E-state index < -0.39 is 15.8 Å². The van der Waals surface area contributed by atoms with Crippen LogP contribution in [0.1, 0.15) is 12.5 Å². The molecule has 0 aliphatic rings. The Kier molecular flexibility index (Phi) is 11.7. The Balaban J connectivity index is 0.00000576. The molecule has 144 valence electrons. The Morgan fingerprint density at radius 2 is 2.04 bits per heavy atom. The molecule has 7 nitrogen and oxygen atoms in total. The second kappa shape index (κ2) is 12.3. The van der Waals surface area contributed by atoms with Gasteiger partial charge in [0.1, 0.15) is 5.82 Å².